The number of nitrogens with zero attached hydrogens (tertiary/aromatic N) is 1. The molecular formula is C13H18FNO2S. The maximum absolute atomic E-state index is 12.8. The Balaban J connectivity index is 2.14. The molecule has 0 aliphatic heterocycles. The fourth-order valence-corrected chi connectivity index (χ4v) is 3.72. The molecule has 0 atom stereocenters. The standard InChI is InChI=1S/C13H18FNO2S/c1-2-9-18(16,17)15(13-7-8-13)10-11-3-5-12(14)6-4-11/h3-6,13H,2,7-10H2,1H3. The normalized spacial score (nSPS) is 16.2. The molecule has 1 saturated carbocycles. The minimum Gasteiger partial charge on any atom is -0.212 e. The molecule has 1 aliphatic rings. The van der Waals surface area contributed by atoms with Crippen molar-refractivity contribution in [3.05, 3.63) is 35.6 Å². The predicted octanol–water partition coefficient (Wildman–Crippen LogP) is 2.53. The van der Waals surface area contributed by atoms with E-state index in [2.05, 4.69) is 0 Å². The van der Waals surface area contributed by atoms with Gasteiger partial charge in [-0.05, 0) is 37.0 Å². The van der Waals surface area contributed by atoms with Crippen LogP contribution in [0, 0.1) is 5.82 Å². The summed E-state index contributed by atoms with van der Waals surface area (Å²) in [6.45, 7) is 2.22. The van der Waals surface area contributed by atoms with Crippen LogP contribution in [-0.2, 0) is 16.6 Å². The Kier molecular flexibility index (Phi) is 4.02. The molecule has 0 aromatic heterocycles. The van der Waals surface area contributed by atoms with E-state index in [0.717, 1.165) is 18.4 Å². The SMILES string of the molecule is CCCS(=O)(=O)N(Cc1ccc(F)cc1)C1CC1. The van der Waals surface area contributed by atoms with Crippen molar-refractivity contribution in [3.8, 4) is 0 Å². The van der Waals surface area contributed by atoms with Crippen LogP contribution in [0.2, 0.25) is 0 Å². The summed E-state index contributed by atoms with van der Waals surface area (Å²) in [5, 5.41) is 0. The number of sulfonamides is 1. The largest absolute Gasteiger partial charge is 0.214 e. The molecule has 18 heavy (non-hydrogen) atoms. The van der Waals surface area contributed by atoms with Crippen LogP contribution in [0.1, 0.15) is 31.7 Å². The molecule has 0 N–H and O–H groups in total. The molecule has 0 unspecified atom stereocenters. The first kappa shape index (κ1) is 13.5. The van der Waals surface area contributed by atoms with Gasteiger partial charge in [0.25, 0.3) is 0 Å². The van der Waals surface area contributed by atoms with E-state index in [9.17, 15) is 12.8 Å². The van der Waals surface area contributed by atoms with Crippen LogP contribution >= 0.6 is 0 Å². The molecule has 1 aromatic rings. The van der Waals surface area contributed by atoms with Crippen molar-refractivity contribution >= 4 is 10.0 Å². The first-order valence-corrected chi connectivity index (χ1v) is 7.88. The molecule has 0 heterocycles. The summed E-state index contributed by atoms with van der Waals surface area (Å²) in [7, 11) is -3.18. The van der Waals surface area contributed by atoms with Gasteiger partial charge in [-0.3, -0.25) is 0 Å². The Morgan fingerprint density at radius 1 is 1.28 bits per heavy atom. The van der Waals surface area contributed by atoms with E-state index in [1.54, 1.807) is 16.4 Å². The average molecular weight is 271 g/mol. The quantitative estimate of drug-likeness (QED) is 0.797. The highest BCUT2D eigenvalue weighted by molar-refractivity contribution is 7.89. The van der Waals surface area contributed by atoms with Crippen LogP contribution in [0.3, 0.4) is 0 Å². The minimum absolute atomic E-state index is 0.145. The zero-order valence-corrected chi connectivity index (χ0v) is 11.3. The van der Waals surface area contributed by atoms with E-state index >= 15 is 0 Å². The van der Waals surface area contributed by atoms with Gasteiger partial charge in [-0.2, -0.15) is 4.31 Å². The summed E-state index contributed by atoms with van der Waals surface area (Å²) in [4.78, 5) is 0. The Bertz CT molecular complexity index is 494. The summed E-state index contributed by atoms with van der Waals surface area (Å²) in [6.07, 6.45) is 2.49. The van der Waals surface area contributed by atoms with Crippen molar-refractivity contribution in [2.75, 3.05) is 5.75 Å². The minimum atomic E-state index is -3.18. The average Bonchev–Trinajstić information content (AvgIpc) is 3.12. The first-order chi connectivity index (χ1) is 8.53. The molecular weight excluding hydrogens is 253 g/mol. The molecule has 0 spiro atoms. The second-order valence-corrected chi connectivity index (χ2v) is 6.76. The van der Waals surface area contributed by atoms with Crippen molar-refractivity contribution < 1.29 is 12.8 Å². The van der Waals surface area contributed by atoms with Crippen LogP contribution in [0.5, 0.6) is 0 Å². The van der Waals surface area contributed by atoms with Gasteiger partial charge in [-0.25, -0.2) is 12.8 Å². The third-order valence-electron chi connectivity index (χ3n) is 3.03. The van der Waals surface area contributed by atoms with E-state index in [1.165, 1.54) is 12.1 Å². The summed E-state index contributed by atoms with van der Waals surface area (Å²) >= 11 is 0. The van der Waals surface area contributed by atoms with Gasteiger partial charge < -0.3 is 0 Å². The van der Waals surface area contributed by atoms with Crippen molar-refractivity contribution in [1.82, 2.24) is 4.31 Å². The molecule has 2 rings (SSSR count). The lowest BCUT2D eigenvalue weighted by molar-refractivity contribution is 0.398. The van der Waals surface area contributed by atoms with Gasteiger partial charge in [0.1, 0.15) is 5.82 Å². The molecule has 0 radical (unpaired) electrons. The van der Waals surface area contributed by atoms with Gasteiger partial charge in [0, 0.05) is 12.6 Å². The summed E-state index contributed by atoms with van der Waals surface area (Å²) in [6, 6.07) is 6.17. The van der Waals surface area contributed by atoms with Crippen LogP contribution in [-0.4, -0.2) is 24.5 Å². The number of hydrogen-bond donors (Lipinski definition) is 0. The Hall–Kier alpha value is -0.940. The highest BCUT2D eigenvalue weighted by Crippen LogP contribution is 2.31. The second-order valence-electron chi connectivity index (χ2n) is 4.72. The van der Waals surface area contributed by atoms with E-state index in [-0.39, 0.29) is 17.6 Å². The lowest BCUT2D eigenvalue weighted by Gasteiger charge is -2.21. The topological polar surface area (TPSA) is 37.4 Å². The molecule has 1 aromatic carbocycles. The highest BCUT2D eigenvalue weighted by atomic mass is 32.2. The van der Waals surface area contributed by atoms with Crippen molar-refractivity contribution in [1.29, 1.82) is 0 Å². The van der Waals surface area contributed by atoms with Gasteiger partial charge in [0.15, 0.2) is 0 Å². The number of benzene rings is 1. The maximum atomic E-state index is 12.8. The molecule has 1 aliphatic carbocycles. The van der Waals surface area contributed by atoms with E-state index in [4.69, 9.17) is 0 Å². The van der Waals surface area contributed by atoms with Gasteiger partial charge in [0.05, 0.1) is 5.75 Å². The van der Waals surface area contributed by atoms with Crippen LogP contribution in [0.25, 0.3) is 0 Å². The van der Waals surface area contributed by atoms with Gasteiger partial charge in [-0.1, -0.05) is 19.1 Å². The Morgan fingerprint density at radius 3 is 2.39 bits per heavy atom. The fraction of sp³-hybridized carbons (Fsp3) is 0.538. The zero-order chi connectivity index (χ0) is 13.2. The number of hydrogen-bond acceptors (Lipinski definition) is 2. The fourth-order valence-electron chi connectivity index (χ4n) is 1.96. The summed E-state index contributed by atoms with van der Waals surface area (Å²) in [5.74, 6) is -0.113. The first-order valence-electron chi connectivity index (χ1n) is 6.27. The van der Waals surface area contributed by atoms with Crippen molar-refractivity contribution in [2.45, 2.75) is 38.8 Å². The van der Waals surface area contributed by atoms with Crippen LogP contribution < -0.4 is 0 Å². The van der Waals surface area contributed by atoms with Gasteiger partial charge in [-0.15, -0.1) is 0 Å². The van der Waals surface area contributed by atoms with Crippen LogP contribution in [0.4, 0.5) is 4.39 Å². The van der Waals surface area contributed by atoms with Crippen LogP contribution in [0.15, 0.2) is 24.3 Å². The van der Waals surface area contributed by atoms with E-state index in [1.807, 2.05) is 6.92 Å². The predicted molar refractivity (Wildman–Crippen MR) is 69.0 cm³/mol. The number of rotatable bonds is 6. The smallest absolute Gasteiger partial charge is 0.212 e. The third kappa shape index (κ3) is 3.29. The second kappa shape index (κ2) is 5.36. The third-order valence-corrected chi connectivity index (χ3v) is 5.09. The molecule has 1 fully saturated rings. The molecule has 100 valence electrons. The lowest BCUT2D eigenvalue weighted by Crippen LogP contribution is -2.34. The zero-order valence-electron chi connectivity index (χ0n) is 10.5. The number of halogens is 1. The molecule has 0 amide bonds. The molecule has 3 nitrogen and oxygen atoms in total. The lowest BCUT2D eigenvalue weighted by atomic mass is 10.2. The van der Waals surface area contributed by atoms with E-state index in [0.29, 0.717) is 13.0 Å². The van der Waals surface area contributed by atoms with Gasteiger partial charge in [0.2, 0.25) is 10.0 Å². The monoisotopic (exact) mass is 271 g/mol. The summed E-state index contributed by atoms with van der Waals surface area (Å²) < 4.78 is 38.7. The molecule has 5 heteroatoms. The van der Waals surface area contributed by atoms with Crippen molar-refractivity contribution in [3.63, 3.8) is 0 Å². The molecule has 0 saturated heterocycles. The van der Waals surface area contributed by atoms with Crippen molar-refractivity contribution in [2.24, 2.45) is 0 Å². The Labute approximate surface area is 108 Å². The maximum Gasteiger partial charge on any atom is 0.214 e. The van der Waals surface area contributed by atoms with E-state index < -0.39 is 10.0 Å². The highest BCUT2D eigenvalue weighted by Gasteiger charge is 2.36. The molecule has 0 bridgehead atoms. The van der Waals surface area contributed by atoms with Gasteiger partial charge >= 0.3 is 0 Å². The Morgan fingerprint density at radius 2 is 1.89 bits per heavy atom. The summed E-state index contributed by atoms with van der Waals surface area (Å²) in [5.41, 5.74) is 0.836.